The molecule has 2 nitrogen and oxygen atoms in total. The molecule has 0 unspecified atom stereocenters. The lowest BCUT2D eigenvalue weighted by Crippen LogP contribution is -2.45. The van der Waals surface area contributed by atoms with E-state index < -0.39 is 0 Å². The molecule has 0 saturated heterocycles. The van der Waals surface area contributed by atoms with E-state index in [9.17, 15) is 5.11 Å². The van der Waals surface area contributed by atoms with Gasteiger partial charge < -0.3 is 9.84 Å². The van der Waals surface area contributed by atoms with E-state index in [0.717, 1.165) is 19.3 Å². The minimum atomic E-state index is -0.317. The highest BCUT2D eigenvalue weighted by Crippen LogP contribution is 2.57. The second-order valence-corrected chi connectivity index (χ2v) is 10.8. The third kappa shape index (κ3) is 3.75. The topological polar surface area (TPSA) is 29.5 Å². The number of hydrogen-bond acceptors (Lipinski definition) is 2. The Morgan fingerprint density at radius 3 is 2.52 bits per heavy atom. The summed E-state index contributed by atoms with van der Waals surface area (Å²) in [7, 11) is 0. The minimum Gasteiger partial charge on any atom is -0.392 e. The van der Waals surface area contributed by atoms with Crippen LogP contribution in [0.3, 0.4) is 0 Å². The van der Waals surface area contributed by atoms with Crippen molar-refractivity contribution < 1.29 is 9.84 Å². The molecule has 158 valence electrons. The van der Waals surface area contributed by atoms with Crippen molar-refractivity contribution in [2.24, 2.45) is 34.5 Å². The number of allylic oxidation sites excluding steroid dienone is 3. The summed E-state index contributed by atoms with van der Waals surface area (Å²) in [6.45, 7) is 12.2. The SMILES string of the molecule is C/C1=C/C[C@@H]2C(C)(C)C=C[C@@]2(C)[C@@H](O)[C@H]2C[C@@H](C)[C@H](OCc3ccccc3)[C@H]2C1. The summed E-state index contributed by atoms with van der Waals surface area (Å²) in [6.07, 6.45) is 10.2. The molecule has 0 aliphatic heterocycles. The molecule has 0 heterocycles. The molecule has 3 aliphatic rings. The van der Waals surface area contributed by atoms with Crippen molar-refractivity contribution in [2.75, 3.05) is 0 Å². The van der Waals surface area contributed by atoms with Crippen molar-refractivity contribution in [2.45, 2.75) is 72.7 Å². The van der Waals surface area contributed by atoms with Gasteiger partial charge >= 0.3 is 0 Å². The number of benzene rings is 1. The van der Waals surface area contributed by atoms with Crippen LogP contribution in [0.2, 0.25) is 0 Å². The van der Waals surface area contributed by atoms with E-state index in [2.05, 4.69) is 77.1 Å². The highest BCUT2D eigenvalue weighted by Gasteiger charge is 2.55. The number of rotatable bonds is 3. The van der Waals surface area contributed by atoms with Crippen molar-refractivity contribution in [3.05, 3.63) is 59.7 Å². The monoisotopic (exact) mass is 394 g/mol. The normalized spacial score (nSPS) is 42.9. The van der Waals surface area contributed by atoms with Gasteiger partial charge in [-0.1, -0.05) is 81.8 Å². The molecule has 0 aromatic heterocycles. The van der Waals surface area contributed by atoms with Crippen LogP contribution < -0.4 is 0 Å². The van der Waals surface area contributed by atoms with Crippen molar-refractivity contribution >= 4 is 0 Å². The zero-order chi connectivity index (χ0) is 20.8. The van der Waals surface area contributed by atoms with Gasteiger partial charge in [0.1, 0.15) is 0 Å². The quantitative estimate of drug-likeness (QED) is 0.622. The summed E-state index contributed by atoms with van der Waals surface area (Å²) >= 11 is 0. The molecule has 29 heavy (non-hydrogen) atoms. The average Bonchev–Trinajstić information content (AvgIpc) is 3.12. The average molecular weight is 395 g/mol. The van der Waals surface area contributed by atoms with Gasteiger partial charge in [0.2, 0.25) is 0 Å². The Labute approximate surface area is 177 Å². The van der Waals surface area contributed by atoms with Gasteiger partial charge in [0.25, 0.3) is 0 Å². The summed E-state index contributed by atoms with van der Waals surface area (Å²) in [5.41, 5.74) is 2.65. The number of aliphatic hydroxyl groups is 1. The lowest BCUT2D eigenvalue weighted by molar-refractivity contribution is -0.0583. The van der Waals surface area contributed by atoms with Crippen LogP contribution in [0.4, 0.5) is 0 Å². The molecule has 1 saturated carbocycles. The van der Waals surface area contributed by atoms with E-state index >= 15 is 0 Å². The molecular weight excluding hydrogens is 356 g/mol. The van der Waals surface area contributed by atoms with E-state index in [1.54, 1.807) is 0 Å². The van der Waals surface area contributed by atoms with Crippen LogP contribution in [-0.2, 0) is 11.3 Å². The largest absolute Gasteiger partial charge is 0.392 e. The first-order valence-corrected chi connectivity index (χ1v) is 11.4. The van der Waals surface area contributed by atoms with Crippen LogP contribution in [0.15, 0.2) is 54.1 Å². The highest BCUT2D eigenvalue weighted by atomic mass is 16.5. The molecule has 2 heteroatoms. The van der Waals surface area contributed by atoms with Gasteiger partial charge in [0.15, 0.2) is 0 Å². The maximum atomic E-state index is 11.7. The molecule has 4 rings (SSSR count). The van der Waals surface area contributed by atoms with E-state index in [-0.39, 0.29) is 23.0 Å². The van der Waals surface area contributed by atoms with Gasteiger partial charge in [0, 0.05) is 5.41 Å². The van der Waals surface area contributed by atoms with Gasteiger partial charge in [-0.05, 0) is 60.8 Å². The molecule has 0 spiro atoms. The third-order valence-electron chi connectivity index (χ3n) is 8.29. The van der Waals surface area contributed by atoms with Gasteiger partial charge in [0.05, 0.1) is 18.8 Å². The van der Waals surface area contributed by atoms with E-state index in [1.807, 2.05) is 6.07 Å². The predicted octanol–water partition coefficient (Wildman–Crippen LogP) is 6.16. The van der Waals surface area contributed by atoms with E-state index in [1.165, 1.54) is 11.1 Å². The summed E-state index contributed by atoms with van der Waals surface area (Å²) < 4.78 is 6.53. The highest BCUT2D eigenvalue weighted by molar-refractivity contribution is 5.24. The number of ether oxygens (including phenoxy) is 1. The lowest BCUT2D eigenvalue weighted by Gasteiger charge is -2.43. The molecule has 0 radical (unpaired) electrons. The van der Waals surface area contributed by atoms with Crippen molar-refractivity contribution in [3.63, 3.8) is 0 Å². The molecule has 7 atom stereocenters. The van der Waals surface area contributed by atoms with Crippen molar-refractivity contribution in [1.82, 2.24) is 0 Å². The molecule has 1 fully saturated rings. The molecule has 1 aromatic rings. The zero-order valence-corrected chi connectivity index (χ0v) is 18.8. The van der Waals surface area contributed by atoms with Crippen LogP contribution >= 0.6 is 0 Å². The molecule has 0 bridgehead atoms. The Balaban J connectivity index is 1.61. The Bertz CT molecular complexity index is 777. The second-order valence-electron chi connectivity index (χ2n) is 10.8. The third-order valence-corrected chi connectivity index (χ3v) is 8.29. The zero-order valence-electron chi connectivity index (χ0n) is 18.8. The van der Waals surface area contributed by atoms with E-state index in [0.29, 0.717) is 30.3 Å². The fourth-order valence-electron chi connectivity index (χ4n) is 6.61. The van der Waals surface area contributed by atoms with Crippen LogP contribution in [0.1, 0.15) is 59.4 Å². The van der Waals surface area contributed by atoms with E-state index in [4.69, 9.17) is 4.74 Å². The maximum absolute atomic E-state index is 11.7. The van der Waals surface area contributed by atoms with Crippen LogP contribution in [0, 0.1) is 34.5 Å². The summed E-state index contributed by atoms with van der Waals surface area (Å²) in [5, 5.41) is 11.7. The minimum absolute atomic E-state index is 0.125. The second kappa shape index (κ2) is 7.71. The van der Waals surface area contributed by atoms with Gasteiger partial charge in [-0.2, -0.15) is 0 Å². The Morgan fingerprint density at radius 2 is 1.79 bits per heavy atom. The Hall–Kier alpha value is -1.38. The van der Waals surface area contributed by atoms with Crippen molar-refractivity contribution in [3.8, 4) is 0 Å². The first kappa shape index (κ1) is 20.9. The Kier molecular flexibility index (Phi) is 5.55. The number of hydrogen-bond donors (Lipinski definition) is 1. The predicted molar refractivity (Wildman–Crippen MR) is 119 cm³/mol. The van der Waals surface area contributed by atoms with Crippen LogP contribution in [0.25, 0.3) is 0 Å². The fraction of sp³-hybridized carbons (Fsp3) is 0.630. The molecule has 0 amide bonds. The lowest BCUT2D eigenvalue weighted by atomic mass is 9.63. The Morgan fingerprint density at radius 1 is 1.07 bits per heavy atom. The van der Waals surface area contributed by atoms with Gasteiger partial charge in [-0.15, -0.1) is 0 Å². The molecule has 1 aromatic carbocycles. The first-order valence-electron chi connectivity index (χ1n) is 11.4. The van der Waals surface area contributed by atoms with Gasteiger partial charge in [-0.25, -0.2) is 0 Å². The smallest absolute Gasteiger partial charge is 0.0720 e. The summed E-state index contributed by atoms with van der Waals surface area (Å²) in [5.74, 6) is 1.58. The fourth-order valence-corrected chi connectivity index (χ4v) is 6.61. The number of fused-ring (bicyclic) bond motifs is 2. The molecule has 1 N–H and O–H groups in total. The van der Waals surface area contributed by atoms with Crippen molar-refractivity contribution in [1.29, 1.82) is 0 Å². The summed E-state index contributed by atoms with van der Waals surface area (Å²) in [4.78, 5) is 0. The maximum Gasteiger partial charge on any atom is 0.0720 e. The molecule has 3 aliphatic carbocycles. The summed E-state index contributed by atoms with van der Waals surface area (Å²) in [6, 6.07) is 10.5. The standard InChI is InChI=1S/C27H38O2/c1-18-11-12-23-26(3,4)13-14-27(23,5)25(28)22-16-19(2)24(21(22)15-18)29-17-20-9-7-6-8-10-20/h6-11,13-14,19,21-25,28H,12,15-17H2,1-5H3/b18-11-/t19-,21+,22+,23-,24+,25+,27-/m1/s1. The van der Waals surface area contributed by atoms with Crippen LogP contribution in [-0.4, -0.2) is 17.3 Å². The first-order chi connectivity index (χ1) is 13.7. The van der Waals surface area contributed by atoms with Crippen LogP contribution in [0.5, 0.6) is 0 Å². The number of aliphatic hydroxyl groups excluding tert-OH is 1. The van der Waals surface area contributed by atoms with Gasteiger partial charge in [-0.3, -0.25) is 0 Å². The molecular formula is C27H38O2.